The molecule has 0 aliphatic heterocycles. The molecule has 0 rings (SSSR count). The number of nitrogens with zero attached hydrogens (tertiary/aromatic N) is 1. The quantitative estimate of drug-likeness (QED) is 0.407. The van der Waals surface area contributed by atoms with Crippen LogP contribution in [0.1, 0.15) is 0 Å². The smallest absolute Gasteiger partial charge is 0.327 e. The number of nitrogens with two attached hydrogens (primary N) is 1. The third kappa shape index (κ3) is 8.17. The molecule has 5 nitrogen and oxygen atoms in total. The van der Waals surface area contributed by atoms with Crippen LogP contribution in [0, 0.1) is 0 Å². The molecule has 0 fully saturated rings. The Morgan fingerprint density at radius 1 is 1.42 bits per heavy atom. The summed E-state index contributed by atoms with van der Waals surface area (Å²) in [6.45, 7) is 0.561. The van der Waals surface area contributed by atoms with E-state index in [1.54, 1.807) is 0 Å². The molecule has 1 atom stereocenters. The molecule has 0 aliphatic rings. The fraction of sp³-hybridized carbons (Fsp3) is 1.00. The molecule has 0 aromatic carbocycles. The lowest BCUT2D eigenvalue weighted by molar-refractivity contribution is -0.871. The number of hydrogen-bond acceptors (Lipinski definition) is 2. The van der Waals surface area contributed by atoms with E-state index in [9.17, 15) is 4.57 Å². The zero-order valence-electron chi connectivity index (χ0n) is 7.77. The van der Waals surface area contributed by atoms with Crippen molar-refractivity contribution in [3.63, 3.8) is 0 Å². The topological polar surface area (TPSA) is 83.6 Å². The summed E-state index contributed by atoms with van der Waals surface area (Å²) in [6, 6.07) is -0.439. The lowest BCUT2D eigenvalue weighted by Gasteiger charge is -2.27. The zero-order chi connectivity index (χ0) is 9.99. The molecule has 0 bridgehead atoms. The molecule has 0 unspecified atom stereocenters. The van der Waals surface area contributed by atoms with Crippen LogP contribution < -0.4 is 5.73 Å². The van der Waals surface area contributed by atoms with Gasteiger partial charge < -0.3 is 20.0 Å². The molecular formula is C6H18N2O3P+. The van der Waals surface area contributed by atoms with E-state index in [4.69, 9.17) is 15.5 Å². The van der Waals surface area contributed by atoms with Gasteiger partial charge in [-0.25, -0.2) is 0 Å². The molecule has 0 saturated heterocycles. The highest BCUT2D eigenvalue weighted by atomic mass is 31.2. The fourth-order valence-corrected chi connectivity index (χ4v) is 1.79. The summed E-state index contributed by atoms with van der Waals surface area (Å²) in [5.74, 6) is 0. The van der Waals surface area contributed by atoms with Gasteiger partial charge in [0.15, 0.2) is 0 Å². The minimum atomic E-state index is -3.94. The average molecular weight is 197 g/mol. The van der Waals surface area contributed by atoms with Crippen molar-refractivity contribution in [2.45, 2.75) is 6.04 Å². The zero-order valence-corrected chi connectivity index (χ0v) is 8.66. The maximum absolute atomic E-state index is 10.5. The highest BCUT2D eigenvalue weighted by Crippen LogP contribution is 2.34. The Morgan fingerprint density at radius 3 is 2.08 bits per heavy atom. The first-order chi connectivity index (χ1) is 5.10. The van der Waals surface area contributed by atoms with Crippen molar-refractivity contribution in [2.24, 2.45) is 5.73 Å². The summed E-state index contributed by atoms with van der Waals surface area (Å²) in [5.41, 5.74) is 5.54. The second-order valence-corrected chi connectivity index (χ2v) is 5.77. The fourth-order valence-electron chi connectivity index (χ4n) is 1.07. The molecular weight excluding hydrogens is 179 g/mol. The van der Waals surface area contributed by atoms with E-state index in [0.717, 1.165) is 0 Å². The summed E-state index contributed by atoms with van der Waals surface area (Å²) in [7, 11) is 1.85. The number of quaternary nitrogens is 1. The van der Waals surface area contributed by atoms with Gasteiger partial charge in [-0.2, -0.15) is 0 Å². The molecule has 0 aromatic heterocycles. The van der Waals surface area contributed by atoms with Gasteiger partial charge in [-0.3, -0.25) is 4.57 Å². The second-order valence-electron chi connectivity index (χ2n) is 4.08. The van der Waals surface area contributed by atoms with Crippen molar-refractivity contribution in [3.05, 3.63) is 0 Å². The Kier molecular flexibility index (Phi) is 3.87. The molecule has 0 aromatic rings. The Hall–Kier alpha value is 0.0700. The van der Waals surface area contributed by atoms with E-state index < -0.39 is 13.6 Å². The molecule has 0 amide bonds. The maximum atomic E-state index is 10.5. The molecule has 0 radical (unpaired) electrons. The van der Waals surface area contributed by atoms with Gasteiger partial charge in [0, 0.05) is 0 Å². The first kappa shape index (κ1) is 12.1. The molecule has 4 N–H and O–H groups in total. The molecule has 0 heterocycles. The average Bonchev–Trinajstić information content (AvgIpc) is 1.49. The van der Waals surface area contributed by atoms with Crippen LogP contribution in [0.15, 0.2) is 0 Å². The van der Waals surface area contributed by atoms with Crippen molar-refractivity contribution in [2.75, 3.05) is 33.8 Å². The minimum absolute atomic E-state index is 0.234. The highest BCUT2D eigenvalue weighted by molar-refractivity contribution is 7.51. The van der Waals surface area contributed by atoms with Crippen molar-refractivity contribution in [1.29, 1.82) is 0 Å². The van der Waals surface area contributed by atoms with Crippen LogP contribution in [0.4, 0.5) is 0 Å². The van der Waals surface area contributed by atoms with Gasteiger partial charge in [-0.05, 0) is 0 Å². The number of likely N-dealkylation sites (N-methyl/N-ethyl adjacent to an activating group) is 1. The Labute approximate surface area is 72.9 Å². The number of hydrogen-bond donors (Lipinski definition) is 3. The van der Waals surface area contributed by atoms with E-state index >= 15 is 0 Å². The van der Waals surface area contributed by atoms with Crippen LogP contribution in [-0.2, 0) is 4.57 Å². The number of rotatable bonds is 4. The van der Waals surface area contributed by atoms with Crippen molar-refractivity contribution in [1.82, 2.24) is 0 Å². The predicted octanol–water partition coefficient (Wildman–Crippen LogP) is -0.802. The van der Waals surface area contributed by atoms with Gasteiger partial charge in [-0.1, -0.05) is 0 Å². The summed E-state index contributed by atoms with van der Waals surface area (Å²) >= 11 is 0. The standard InChI is InChI=1S/C6H17N2O3P/c1-8(2,3)4-6(7)5-12(9,10)11/h6H,4-5,7H2,1-3H3,(H-,9,10,11)/p+1/t6-/m1/s1. The molecule has 74 valence electrons. The van der Waals surface area contributed by atoms with Gasteiger partial charge >= 0.3 is 7.60 Å². The van der Waals surface area contributed by atoms with Gasteiger partial charge in [0.1, 0.15) is 0 Å². The minimum Gasteiger partial charge on any atom is -0.330 e. The predicted molar refractivity (Wildman–Crippen MR) is 47.8 cm³/mol. The monoisotopic (exact) mass is 197 g/mol. The molecule has 6 heteroatoms. The third-order valence-electron chi connectivity index (χ3n) is 1.25. The van der Waals surface area contributed by atoms with E-state index in [1.165, 1.54) is 0 Å². The van der Waals surface area contributed by atoms with Gasteiger partial charge in [-0.15, -0.1) is 0 Å². The van der Waals surface area contributed by atoms with Crippen LogP contribution in [0.5, 0.6) is 0 Å². The normalized spacial score (nSPS) is 16.2. The Bertz CT molecular complexity index is 184. The van der Waals surface area contributed by atoms with Crippen LogP contribution in [0.2, 0.25) is 0 Å². The van der Waals surface area contributed by atoms with Gasteiger partial charge in [0.25, 0.3) is 0 Å². The SMILES string of the molecule is C[N+](C)(C)C[C@@H](N)CP(=O)(O)O. The van der Waals surface area contributed by atoms with E-state index in [0.29, 0.717) is 11.0 Å². The van der Waals surface area contributed by atoms with Crippen LogP contribution in [-0.4, -0.2) is 54.2 Å². The van der Waals surface area contributed by atoms with Crippen LogP contribution in [0.3, 0.4) is 0 Å². The molecule has 0 saturated carbocycles. The summed E-state index contributed by atoms with van der Waals surface area (Å²) in [6.07, 6.45) is -0.234. The van der Waals surface area contributed by atoms with Crippen molar-refractivity contribution in [3.8, 4) is 0 Å². The molecule has 0 aliphatic carbocycles. The van der Waals surface area contributed by atoms with E-state index in [2.05, 4.69) is 0 Å². The first-order valence-corrected chi connectivity index (χ1v) is 5.50. The van der Waals surface area contributed by atoms with Gasteiger partial charge in [0.2, 0.25) is 0 Å². The summed E-state index contributed by atoms with van der Waals surface area (Å²) in [5, 5.41) is 0. The van der Waals surface area contributed by atoms with Crippen molar-refractivity contribution < 1.29 is 18.8 Å². The lowest BCUT2D eigenvalue weighted by Crippen LogP contribution is -2.46. The Morgan fingerprint density at radius 2 is 1.83 bits per heavy atom. The van der Waals surface area contributed by atoms with Gasteiger partial charge in [0.05, 0.1) is 39.9 Å². The first-order valence-electron chi connectivity index (χ1n) is 3.71. The van der Waals surface area contributed by atoms with Crippen LogP contribution in [0.25, 0.3) is 0 Å². The van der Waals surface area contributed by atoms with Crippen LogP contribution >= 0.6 is 7.60 Å². The largest absolute Gasteiger partial charge is 0.330 e. The highest BCUT2D eigenvalue weighted by Gasteiger charge is 2.22. The maximum Gasteiger partial charge on any atom is 0.327 e. The lowest BCUT2D eigenvalue weighted by atomic mass is 10.3. The summed E-state index contributed by atoms with van der Waals surface area (Å²) < 4.78 is 11.1. The van der Waals surface area contributed by atoms with Crippen molar-refractivity contribution >= 4 is 7.60 Å². The van der Waals surface area contributed by atoms with E-state index in [1.807, 2.05) is 21.1 Å². The summed E-state index contributed by atoms with van der Waals surface area (Å²) in [4.78, 5) is 17.2. The molecule has 0 spiro atoms. The Balaban J connectivity index is 3.91. The third-order valence-corrected chi connectivity index (χ3v) is 2.20. The van der Waals surface area contributed by atoms with E-state index in [-0.39, 0.29) is 6.16 Å². The molecule has 12 heavy (non-hydrogen) atoms. The second kappa shape index (κ2) is 3.85.